The van der Waals surface area contributed by atoms with E-state index in [9.17, 15) is 14.9 Å². The maximum absolute atomic E-state index is 13.4. The van der Waals surface area contributed by atoms with Crippen molar-refractivity contribution in [2.24, 2.45) is 11.1 Å². The van der Waals surface area contributed by atoms with Crippen LogP contribution >= 0.6 is 0 Å². The molecular weight excluding hydrogens is 402 g/mol. The van der Waals surface area contributed by atoms with Crippen molar-refractivity contribution < 1.29 is 14.3 Å². The lowest BCUT2D eigenvalue weighted by atomic mass is 9.74. The van der Waals surface area contributed by atoms with Gasteiger partial charge in [-0.25, -0.2) is 0 Å². The van der Waals surface area contributed by atoms with Crippen LogP contribution in [0.25, 0.3) is 16.9 Å². The fourth-order valence-corrected chi connectivity index (χ4v) is 4.61. The maximum Gasteiger partial charge on any atom is 0.239 e. The van der Waals surface area contributed by atoms with E-state index >= 15 is 0 Å². The van der Waals surface area contributed by atoms with Crippen molar-refractivity contribution in [3.63, 3.8) is 0 Å². The number of carbonyl (C=O) groups excluding carboxylic acids is 2. The second-order valence-corrected chi connectivity index (χ2v) is 8.89. The van der Waals surface area contributed by atoms with Crippen LogP contribution in [0.2, 0.25) is 0 Å². The zero-order valence-electron chi connectivity index (χ0n) is 18.4. The Kier molecular flexibility index (Phi) is 5.35. The number of nitriles is 1. The molecular formula is C26H25N3O3. The number of Topliss-reactive ketones (excluding diaryl/α,β-unsaturated/α-hetero) is 1. The van der Waals surface area contributed by atoms with Gasteiger partial charge in [-0.2, -0.15) is 5.26 Å². The monoisotopic (exact) mass is 427 g/mol. The Morgan fingerprint density at radius 2 is 1.78 bits per heavy atom. The lowest BCUT2D eigenvalue weighted by Crippen LogP contribution is -2.29. The molecule has 2 N–H and O–H groups in total. The molecule has 0 radical (unpaired) electrons. The smallest absolute Gasteiger partial charge is 0.239 e. The number of hydrogen-bond acceptors (Lipinski definition) is 4. The summed E-state index contributed by atoms with van der Waals surface area (Å²) in [5.74, 6) is -1.36. The number of fused-ring (bicyclic) bond motifs is 1. The molecule has 32 heavy (non-hydrogen) atoms. The normalized spacial score (nSPS) is 15.5. The molecule has 0 saturated heterocycles. The Hall–Kier alpha value is -3.85. The van der Waals surface area contributed by atoms with E-state index in [1.54, 1.807) is 7.11 Å². The van der Waals surface area contributed by atoms with Crippen molar-refractivity contribution >= 4 is 11.7 Å². The van der Waals surface area contributed by atoms with E-state index in [0.717, 1.165) is 16.9 Å². The second-order valence-electron chi connectivity index (χ2n) is 8.89. The van der Waals surface area contributed by atoms with Crippen molar-refractivity contribution in [3.8, 4) is 28.8 Å². The number of ketones is 1. The Labute approximate surface area is 187 Å². The fraction of sp³-hybridized carbons (Fsp3) is 0.269. The van der Waals surface area contributed by atoms with Gasteiger partial charge in [0.05, 0.1) is 18.9 Å². The fourth-order valence-electron chi connectivity index (χ4n) is 4.61. The zero-order valence-corrected chi connectivity index (χ0v) is 18.4. The quantitative estimate of drug-likeness (QED) is 0.652. The summed E-state index contributed by atoms with van der Waals surface area (Å²) >= 11 is 0. The van der Waals surface area contributed by atoms with E-state index in [0.29, 0.717) is 35.4 Å². The van der Waals surface area contributed by atoms with Crippen LogP contribution in [-0.4, -0.2) is 23.4 Å². The summed E-state index contributed by atoms with van der Waals surface area (Å²) in [5.41, 5.74) is 9.31. The number of benzene rings is 2. The Morgan fingerprint density at radius 3 is 2.34 bits per heavy atom. The Morgan fingerprint density at radius 1 is 1.12 bits per heavy atom. The molecule has 3 aromatic rings. The molecule has 0 bridgehead atoms. The first-order valence-electron chi connectivity index (χ1n) is 10.5. The van der Waals surface area contributed by atoms with Crippen molar-refractivity contribution in [3.05, 3.63) is 71.4 Å². The molecule has 0 spiro atoms. The van der Waals surface area contributed by atoms with Gasteiger partial charge in [0.25, 0.3) is 0 Å². The molecule has 162 valence electrons. The summed E-state index contributed by atoms with van der Waals surface area (Å²) in [6.07, 6.45) is 0.960. The van der Waals surface area contributed by atoms with Gasteiger partial charge in [-0.3, -0.25) is 9.59 Å². The van der Waals surface area contributed by atoms with Crippen molar-refractivity contribution in [1.82, 2.24) is 4.57 Å². The first kappa shape index (κ1) is 21.4. The van der Waals surface area contributed by atoms with Crippen LogP contribution in [0, 0.1) is 16.7 Å². The van der Waals surface area contributed by atoms with Crippen molar-refractivity contribution in [1.29, 1.82) is 5.26 Å². The van der Waals surface area contributed by atoms with Gasteiger partial charge >= 0.3 is 0 Å². The van der Waals surface area contributed by atoms with Gasteiger partial charge in [0.1, 0.15) is 5.75 Å². The van der Waals surface area contributed by atoms with E-state index in [1.807, 2.05) is 65.2 Å². The minimum atomic E-state index is -1.23. The average Bonchev–Trinajstić information content (AvgIpc) is 3.08. The molecule has 1 heterocycles. The van der Waals surface area contributed by atoms with Crippen LogP contribution in [0.3, 0.4) is 0 Å². The summed E-state index contributed by atoms with van der Waals surface area (Å²) in [7, 11) is 1.60. The molecule has 1 aliphatic rings. The van der Waals surface area contributed by atoms with Crippen LogP contribution in [0.5, 0.6) is 5.75 Å². The third kappa shape index (κ3) is 3.56. The van der Waals surface area contributed by atoms with Crippen molar-refractivity contribution in [2.75, 3.05) is 7.11 Å². The van der Waals surface area contributed by atoms with Gasteiger partial charge in [-0.1, -0.05) is 44.2 Å². The minimum Gasteiger partial charge on any atom is -0.497 e. The molecule has 0 saturated carbocycles. The number of methoxy groups -OCH3 is 1. The predicted molar refractivity (Wildman–Crippen MR) is 122 cm³/mol. The summed E-state index contributed by atoms with van der Waals surface area (Å²) < 4.78 is 7.31. The number of carbonyl (C=O) groups is 2. The molecule has 0 aliphatic heterocycles. The number of rotatable bonds is 5. The van der Waals surface area contributed by atoms with E-state index in [2.05, 4.69) is 13.8 Å². The second kappa shape index (κ2) is 8.01. The predicted octanol–water partition coefficient (Wildman–Crippen LogP) is 4.40. The molecule has 0 fully saturated rings. The molecule has 6 nitrogen and oxygen atoms in total. The number of nitrogens with two attached hydrogens (primary N) is 1. The number of aromatic nitrogens is 1. The number of nitrogens with zero attached hydrogens (tertiary/aromatic N) is 2. The standard InChI is InChI=1S/C26H25N3O3/c1-26(2)13-20-23(21(30)14-26)22(19(15-27)25(28)31)24(16-7-5-4-6-8-16)29(20)17-9-11-18(32-3)12-10-17/h4-12,19H,13-14H2,1-3H3,(H2,28,31). The van der Waals surface area contributed by atoms with Gasteiger partial charge in [0.2, 0.25) is 5.91 Å². The van der Waals surface area contributed by atoms with Gasteiger partial charge in [-0.05, 0) is 41.7 Å². The molecule has 1 unspecified atom stereocenters. The summed E-state index contributed by atoms with van der Waals surface area (Å²) in [6, 6.07) is 19.1. The van der Waals surface area contributed by atoms with E-state index in [-0.39, 0.29) is 11.2 Å². The van der Waals surface area contributed by atoms with Crippen LogP contribution < -0.4 is 10.5 Å². The lowest BCUT2D eigenvalue weighted by molar-refractivity contribution is -0.118. The first-order chi connectivity index (χ1) is 15.3. The third-order valence-corrected chi connectivity index (χ3v) is 5.95. The van der Waals surface area contributed by atoms with Gasteiger partial charge in [-0.15, -0.1) is 0 Å². The van der Waals surface area contributed by atoms with Crippen LogP contribution in [0.15, 0.2) is 54.6 Å². The molecule has 1 aromatic heterocycles. The summed E-state index contributed by atoms with van der Waals surface area (Å²) in [4.78, 5) is 25.7. The summed E-state index contributed by atoms with van der Waals surface area (Å²) in [5, 5.41) is 9.87. The molecule has 6 heteroatoms. The van der Waals surface area contributed by atoms with E-state index < -0.39 is 11.8 Å². The Bertz CT molecular complexity index is 1230. The van der Waals surface area contributed by atoms with Crippen LogP contribution in [0.4, 0.5) is 0 Å². The lowest BCUT2D eigenvalue weighted by Gasteiger charge is -2.30. The van der Waals surface area contributed by atoms with Crippen LogP contribution in [-0.2, 0) is 11.2 Å². The highest BCUT2D eigenvalue weighted by molar-refractivity contribution is 6.05. The molecule has 4 rings (SSSR count). The molecule has 1 atom stereocenters. The number of hydrogen-bond donors (Lipinski definition) is 1. The van der Waals surface area contributed by atoms with Gasteiger partial charge < -0.3 is 15.0 Å². The first-order valence-corrected chi connectivity index (χ1v) is 10.5. The largest absolute Gasteiger partial charge is 0.497 e. The molecule has 2 aromatic carbocycles. The highest BCUT2D eigenvalue weighted by Crippen LogP contribution is 2.45. The third-order valence-electron chi connectivity index (χ3n) is 5.95. The van der Waals surface area contributed by atoms with Gasteiger partial charge in [0.15, 0.2) is 11.7 Å². The highest BCUT2D eigenvalue weighted by Gasteiger charge is 2.41. The zero-order chi connectivity index (χ0) is 23.0. The molecule has 1 aliphatic carbocycles. The maximum atomic E-state index is 13.4. The minimum absolute atomic E-state index is 0.0720. The van der Waals surface area contributed by atoms with Gasteiger partial charge in [0, 0.05) is 28.9 Å². The van der Waals surface area contributed by atoms with E-state index in [4.69, 9.17) is 10.5 Å². The SMILES string of the molecule is COc1ccc(-n2c3c(c(C(C#N)C(N)=O)c2-c2ccccc2)C(=O)CC(C)(C)C3)cc1. The average molecular weight is 428 g/mol. The topological polar surface area (TPSA) is 98.1 Å². The van der Waals surface area contributed by atoms with Crippen LogP contribution in [0.1, 0.15) is 47.8 Å². The van der Waals surface area contributed by atoms with E-state index in [1.165, 1.54) is 0 Å². The van der Waals surface area contributed by atoms with Crippen molar-refractivity contribution in [2.45, 2.75) is 32.6 Å². The summed E-state index contributed by atoms with van der Waals surface area (Å²) in [6.45, 7) is 4.11. The Balaban J connectivity index is 2.15. The molecule has 1 amide bonds. The number of primary amides is 1. The highest BCUT2D eigenvalue weighted by atomic mass is 16.5. The number of ether oxygens (including phenoxy) is 1. The number of amides is 1.